The lowest BCUT2D eigenvalue weighted by Crippen LogP contribution is -2.28. The van der Waals surface area contributed by atoms with Crippen molar-refractivity contribution in [3.8, 4) is 5.82 Å². The molecule has 5 heteroatoms. The van der Waals surface area contributed by atoms with Crippen LogP contribution in [0.3, 0.4) is 0 Å². The van der Waals surface area contributed by atoms with Gasteiger partial charge in [-0.05, 0) is 36.1 Å². The number of fused-ring (bicyclic) bond motifs is 1. The average molecular weight is 332 g/mol. The van der Waals surface area contributed by atoms with Gasteiger partial charge >= 0.3 is 0 Å². The Kier molecular flexibility index (Phi) is 3.64. The number of pyridine rings is 2. The zero-order valence-corrected chi connectivity index (χ0v) is 14.4. The van der Waals surface area contributed by atoms with Crippen LogP contribution in [-0.4, -0.2) is 20.3 Å². The fraction of sp³-hybridized carbons (Fsp3) is 0.250. The van der Waals surface area contributed by atoms with Gasteiger partial charge in [0.15, 0.2) is 5.78 Å². The molecule has 1 aliphatic carbocycles. The number of nitrogens with one attached hydrogen (secondary N) is 1. The molecule has 0 aliphatic heterocycles. The van der Waals surface area contributed by atoms with Crippen LogP contribution < -0.4 is 5.32 Å². The minimum atomic E-state index is -0.0583. The summed E-state index contributed by atoms with van der Waals surface area (Å²) in [5, 5.41) is 3.30. The van der Waals surface area contributed by atoms with Crippen molar-refractivity contribution in [2.45, 2.75) is 26.7 Å². The van der Waals surface area contributed by atoms with Gasteiger partial charge in [0, 0.05) is 30.7 Å². The maximum absolute atomic E-state index is 12.9. The van der Waals surface area contributed by atoms with E-state index < -0.39 is 0 Å². The third kappa shape index (κ3) is 2.93. The first-order chi connectivity index (χ1) is 12.0. The first-order valence-electron chi connectivity index (χ1n) is 8.40. The molecule has 0 bridgehead atoms. The number of hydrogen-bond donors (Lipinski definition) is 1. The molecule has 5 nitrogen and oxygen atoms in total. The van der Waals surface area contributed by atoms with Crippen LogP contribution in [0, 0.1) is 5.41 Å². The summed E-state index contributed by atoms with van der Waals surface area (Å²) in [6.07, 6.45) is 6.83. The van der Waals surface area contributed by atoms with Gasteiger partial charge < -0.3 is 9.88 Å². The predicted molar refractivity (Wildman–Crippen MR) is 97.5 cm³/mol. The predicted octanol–water partition coefficient (Wildman–Crippen LogP) is 4.17. The van der Waals surface area contributed by atoms with Crippen LogP contribution in [0.15, 0.2) is 55.0 Å². The molecule has 3 aromatic heterocycles. The molecule has 0 amide bonds. The van der Waals surface area contributed by atoms with E-state index in [1.807, 2.05) is 47.2 Å². The van der Waals surface area contributed by atoms with Gasteiger partial charge in [-0.15, -0.1) is 0 Å². The van der Waals surface area contributed by atoms with E-state index in [4.69, 9.17) is 0 Å². The second-order valence-corrected chi connectivity index (χ2v) is 7.20. The summed E-state index contributed by atoms with van der Waals surface area (Å²) in [4.78, 5) is 21.6. The summed E-state index contributed by atoms with van der Waals surface area (Å²) >= 11 is 0. The second-order valence-electron chi connectivity index (χ2n) is 7.20. The quantitative estimate of drug-likeness (QED) is 0.782. The Morgan fingerprint density at radius 2 is 1.80 bits per heavy atom. The van der Waals surface area contributed by atoms with Crippen LogP contribution in [0.1, 0.15) is 36.3 Å². The summed E-state index contributed by atoms with van der Waals surface area (Å²) in [5.74, 6) is 1.71. The summed E-state index contributed by atoms with van der Waals surface area (Å²) in [7, 11) is 0. The molecule has 0 fully saturated rings. The smallest absolute Gasteiger partial charge is 0.167 e. The first-order valence-corrected chi connectivity index (χ1v) is 8.40. The minimum absolute atomic E-state index is 0.0583. The molecule has 1 aliphatic rings. The maximum Gasteiger partial charge on any atom is 0.167 e. The Hall–Kier alpha value is -2.95. The highest BCUT2D eigenvalue weighted by Crippen LogP contribution is 2.40. The lowest BCUT2D eigenvalue weighted by molar-refractivity contribution is 0.0912. The fourth-order valence-electron chi connectivity index (χ4n) is 3.44. The van der Waals surface area contributed by atoms with Crippen molar-refractivity contribution in [1.82, 2.24) is 14.5 Å². The number of Topliss-reactive ketones (excluding diaryl/α,β-unsaturated/α-hetero) is 1. The van der Waals surface area contributed by atoms with Crippen LogP contribution in [0.25, 0.3) is 5.82 Å². The van der Waals surface area contributed by atoms with Crippen molar-refractivity contribution < 1.29 is 4.79 Å². The topological polar surface area (TPSA) is 59.8 Å². The second kappa shape index (κ2) is 5.84. The van der Waals surface area contributed by atoms with Gasteiger partial charge in [0.2, 0.25) is 0 Å². The largest absolute Gasteiger partial charge is 0.338 e. The SMILES string of the molecule is CC1(C)CC(=O)c2c(Nc3ccccn3)cn(-c3ccccn3)c2C1. The number of hydrogen-bond acceptors (Lipinski definition) is 4. The van der Waals surface area contributed by atoms with Gasteiger partial charge in [0.1, 0.15) is 11.6 Å². The van der Waals surface area contributed by atoms with Crippen LogP contribution in [0.2, 0.25) is 0 Å². The van der Waals surface area contributed by atoms with Gasteiger partial charge in [0.25, 0.3) is 0 Å². The van der Waals surface area contributed by atoms with E-state index in [0.29, 0.717) is 6.42 Å². The Morgan fingerprint density at radius 1 is 1.04 bits per heavy atom. The Bertz CT molecular complexity index is 914. The minimum Gasteiger partial charge on any atom is -0.338 e. The number of carbonyl (C=O) groups excluding carboxylic acids is 1. The molecule has 0 saturated heterocycles. The average Bonchev–Trinajstić information content (AvgIpc) is 2.93. The van der Waals surface area contributed by atoms with Crippen molar-refractivity contribution in [3.63, 3.8) is 0 Å². The van der Waals surface area contributed by atoms with Crippen molar-refractivity contribution in [3.05, 3.63) is 66.2 Å². The van der Waals surface area contributed by atoms with Crippen molar-refractivity contribution in [2.75, 3.05) is 5.32 Å². The molecule has 0 unspecified atom stereocenters. The molecule has 126 valence electrons. The monoisotopic (exact) mass is 332 g/mol. The highest BCUT2D eigenvalue weighted by Gasteiger charge is 2.36. The van der Waals surface area contributed by atoms with Gasteiger partial charge in [-0.25, -0.2) is 9.97 Å². The third-order valence-electron chi connectivity index (χ3n) is 4.49. The number of rotatable bonds is 3. The number of anilines is 2. The molecule has 3 aromatic rings. The molecule has 25 heavy (non-hydrogen) atoms. The van der Waals surface area contributed by atoms with E-state index in [9.17, 15) is 4.79 Å². The molecule has 0 aromatic carbocycles. The standard InChI is InChI=1S/C20H20N4O/c1-20(2)11-15-19(16(25)12-20)14(23-17-7-3-5-9-21-17)13-24(15)18-8-4-6-10-22-18/h3-10,13H,11-12H2,1-2H3,(H,21,23). The van der Waals surface area contributed by atoms with Crippen molar-refractivity contribution in [1.29, 1.82) is 0 Å². The number of nitrogens with zero attached hydrogens (tertiary/aromatic N) is 3. The van der Waals surface area contributed by atoms with Crippen LogP contribution in [0.5, 0.6) is 0 Å². The van der Waals surface area contributed by atoms with E-state index in [2.05, 4.69) is 29.1 Å². The first kappa shape index (κ1) is 15.6. The highest BCUT2D eigenvalue weighted by atomic mass is 16.1. The molecule has 0 saturated carbocycles. The normalized spacial score (nSPS) is 15.7. The summed E-state index contributed by atoms with van der Waals surface area (Å²) < 4.78 is 2.03. The molecule has 0 spiro atoms. The van der Waals surface area contributed by atoms with E-state index >= 15 is 0 Å². The Morgan fingerprint density at radius 3 is 2.48 bits per heavy atom. The van der Waals surface area contributed by atoms with Gasteiger partial charge in [0.05, 0.1) is 11.3 Å². The van der Waals surface area contributed by atoms with Gasteiger partial charge in [-0.1, -0.05) is 26.0 Å². The molecule has 1 N–H and O–H groups in total. The Labute approximate surface area is 146 Å². The third-order valence-corrected chi connectivity index (χ3v) is 4.49. The summed E-state index contributed by atoms with van der Waals surface area (Å²) in [5.41, 5.74) is 2.51. The Balaban J connectivity index is 1.86. The number of ketones is 1. The van der Waals surface area contributed by atoms with E-state index in [-0.39, 0.29) is 11.2 Å². The molecule has 0 radical (unpaired) electrons. The maximum atomic E-state index is 12.9. The molecule has 0 atom stereocenters. The molecule has 3 heterocycles. The van der Waals surface area contributed by atoms with Crippen molar-refractivity contribution in [2.24, 2.45) is 5.41 Å². The summed E-state index contributed by atoms with van der Waals surface area (Å²) in [6, 6.07) is 11.5. The number of carbonyl (C=O) groups is 1. The molecule has 4 rings (SSSR count). The zero-order valence-electron chi connectivity index (χ0n) is 14.4. The van der Waals surface area contributed by atoms with E-state index in [1.54, 1.807) is 12.4 Å². The molecular formula is C20H20N4O. The van der Waals surface area contributed by atoms with Crippen molar-refractivity contribution >= 4 is 17.3 Å². The fourth-order valence-corrected chi connectivity index (χ4v) is 3.44. The highest BCUT2D eigenvalue weighted by molar-refractivity contribution is 6.04. The summed E-state index contributed by atoms with van der Waals surface area (Å²) in [6.45, 7) is 4.27. The molecular weight excluding hydrogens is 312 g/mol. The van der Waals surface area contributed by atoms with E-state index in [1.165, 1.54) is 0 Å². The lowest BCUT2D eigenvalue weighted by atomic mass is 9.76. The van der Waals surface area contributed by atoms with Crippen LogP contribution in [-0.2, 0) is 6.42 Å². The number of aromatic nitrogens is 3. The van der Waals surface area contributed by atoms with Crippen LogP contribution in [0.4, 0.5) is 11.5 Å². The van der Waals surface area contributed by atoms with E-state index in [0.717, 1.165) is 35.0 Å². The van der Waals surface area contributed by atoms with Crippen LogP contribution >= 0.6 is 0 Å². The lowest BCUT2D eigenvalue weighted by Gasteiger charge is -2.29. The zero-order chi connectivity index (χ0) is 17.4. The van der Waals surface area contributed by atoms with Gasteiger partial charge in [-0.3, -0.25) is 4.79 Å². The van der Waals surface area contributed by atoms with Gasteiger partial charge in [-0.2, -0.15) is 0 Å².